The van der Waals surface area contributed by atoms with Crippen LogP contribution < -0.4 is 19.5 Å². The molecule has 0 spiro atoms. The van der Waals surface area contributed by atoms with E-state index in [1.165, 1.54) is 11.3 Å². The molecule has 178 valence electrons. The Hall–Kier alpha value is -3.37. The summed E-state index contributed by atoms with van der Waals surface area (Å²) >= 11 is 3.09. The van der Waals surface area contributed by atoms with Gasteiger partial charge in [0.2, 0.25) is 10.9 Å². The van der Waals surface area contributed by atoms with Crippen molar-refractivity contribution in [1.29, 1.82) is 0 Å². The summed E-state index contributed by atoms with van der Waals surface area (Å²) < 4.78 is 18.9. The van der Waals surface area contributed by atoms with E-state index in [1.807, 2.05) is 56.7 Å². The Morgan fingerprint density at radius 1 is 1.03 bits per heavy atom. The van der Waals surface area contributed by atoms with E-state index >= 15 is 0 Å². The first-order chi connectivity index (χ1) is 16.5. The van der Waals surface area contributed by atoms with Gasteiger partial charge in [-0.15, -0.1) is 22.7 Å². The lowest BCUT2D eigenvalue weighted by atomic mass is 10.1. The number of rotatable bonds is 10. The van der Waals surface area contributed by atoms with Gasteiger partial charge < -0.3 is 19.5 Å². The van der Waals surface area contributed by atoms with Crippen molar-refractivity contribution in [3.05, 3.63) is 52.3 Å². The van der Waals surface area contributed by atoms with Gasteiger partial charge in [-0.3, -0.25) is 4.79 Å². The lowest BCUT2D eigenvalue weighted by Gasteiger charge is -2.17. The first kappa shape index (κ1) is 23.8. The summed E-state index contributed by atoms with van der Waals surface area (Å²) in [4.78, 5) is 19.1. The summed E-state index contributed by atoms with van der Waals surface area (Å²) in [5, 5.41) is 12.2. The predicted octanol–water partition coefficient (Wildman–Crippen LogP) is 5.81. The Morgan fingerprint density at radius 3 is 2.35 bits per heavy atom. The van der Waals surface area contributed by atoms with Gasteiger partial charge in [-0.25, -0.2) is 4.98 Å². The zero-order chi connectivity index (χ0) is 24.1. The summed E-state index contributed by atoms with van der Waals surface area (Å²) in [6.07, 6.45) is 0. The summed E-state index contributed by atoms with van der Waals surface area (Å²) in [5.41, 5.74) is 2.04. The average molecular weight is 499 g/mol. The van der Waals surface area contributed by atoms with Crippen LogP contribution in [0.25, 0.3) is 15.7 Å². The van der Waals surface area contributed by atoms with Crippen molar-refractivity contribution in [3.63, 3.8) is 0 Å². The van der Waals surface area contributed by atoms with Gasteiger partial charge in [0.1, 0.15) is 5.82 Å². The van der Waals surface area contributed by atoms with Gasteiger partial charge in [-0.2, -0.15) is 9.78 Å². The third-order valence-corrected chi connectivity index (χ3v) is 6.40. The number of nitrogens with zero attached hydrogens (tertiary/aromatic N) is 3. The molecule has 0 radical (unpaired) electrons. The minimum Gasteiger partial charge on any atom is -0.490 e. The van der Waals surface area contributed by atoms with Crippen molar-refractivity contribution in [3.8, 4) is 33.0 Å². The Morgan fingerprint density at radius 2 is 1.74 bits per heavy atom. The molecule has 10 heteroatoms. The fraction of sp³-hybridized carbons (Fsp3) is 0.292. The van der Waals surface area contributed by atoms with Crippen molar-refractivity contribution in [1.82, 2.24) is 14.8 Å². The third kappa shape index (κ3) is 5.07. The van der Waals surface area contributed by atoms with E-state index in [2.05, 4.69) is 10.4 Å². The molecule has 0 aliphatic carbocycles. The van der Waals surface area contributed by atoms with Crippen molar-refractivity contribution in [2.75, 3.05) is 25.1 Å². The van der Waals surface area contributed by atoms with Gasteiger partial charge in [0.25, 0.3) is 5.91 Å². The Labute approximate surface area is 206 Å². The van der Waals surface area contributed by atoms with Gasteiger partial charge in [-0.05, 0) is 51.3 Å². The van der Waals surface area contributed by atoms with Crippen LogP contribution in [0.15, 0.2) is 41.1 Å². The van der Waals surface area contributed by atoms with Crippen LogP contribution >= 0.6 is 22.7 Å². The second-order valence-electron chi connectivity index (χ2n) is 7.13. The Kier molecular flexibility index (Phi) is 7.49. The zero-order valence-corrected chi connectivity index (χ0v) is 21.1. The van der Waals surface area contributed by atoms with Gasteiger partial charge in [0, 0.05) is 17.0 Å². The normalized spacial score (nSPS) is 10.8. The maximum atomic E-state index is 13.3. The second-order valence-corrected chi connectivity index (χ2v) is 8.91. The van der Waals surface area contributed by atoms with Crippen molar-refractivity contribution >= 4 is 34.4 Å². The molecule has 4 rings (SSSR count). The molecule has 4 aromatic rings. The molecule has 3 heterocycles. The minimum absolute atomic E-state index is 0.318. The standard InChI is InChI=1S/C24H26N4O4S2/c1-5-30-18-12-16(13-19(31-6-2)22(18)32-7-3)23(29)26-21-11-15(4)27-28(21)24-25-17(14-34-24)20-9-8-10-33-20/h8-14H,5-7H2,1-4H3,(H,26,29). The fourth-order valence-corrected chi connectivity index (χ4v) is 4.89. The van der Waals surface area contributed by atoms with E-state index in [4.69, 9.17) is 19.2 Å². The molecular weight excluding hydrogens is 472 g/mol. The molecular formula is C24H26N4O4S2. The molecule has 1 amide bonds. The molecule has 3 aromatic heterocycles. The molecule has 1 aromatic carbocycles. The second kappa shape index (κ2) is 10.7. The van der Waals surface area contributed by atoms with E-state index in [9.17, 15) is 4.79 Å². The van der Waals surface area contributed by atoms with Crippen molar-refractivity contribution < 1.29 is 19.0 Å². The number of thiazole rings is 1. The molecule has 0 unspecified atom stereocenters. The van der Waals surface area contributed by atoms with Crippen LogP contribution in [-0.2, 0) is 0 Å². The number of ether oxygens (including phenoxy) is 3. The summed E-state index contributed by atoms with van der Waals surface area (Å²) in [6, 6.07) is 9.16. The van der Waals surface area contributed by atoms with E-state index in [-0.39, 0.29) is 5.91 Å². The van der Waals surface area contributed by atoms with Crippen LogP contribution in [-0.4, -0.2) is 40.5 Å². The highest BCUT2D eigenvalue weighted by Crippen LogP contribution is 2.39. The molecule has 0 fully saturated rings. The maximum Gasteiger partial charge on any atom is 0.257 e. The van der Waals surface area contributed by atoms with Crippen LogP contribution in [0.3, 0.4) is 0 Å². The number of carbonyl (C=O) groups excluding carboxylic acids is 1. The lowest BCUT2D eigenvalue weighted by molar-refractivity contribution is 0.102. The van der Waals surface area contributed by atoms with Crippen LogP contribution in [0, 0.1) is 6.92 Å². The van der Waals surface area contributed by atoms with E-state index in [0.29, 0.717) is 53.6 Å². The minimum atomic E-state index is -0.318. The number of thiophene rings is 1. The summed E-state index contributed by atoms with van der Waals surface area (Å²) in [7, 11) is 0. The first-order valence-corrected chi connectivity index (χ1v) is 12.7. The SMILES string of the molecule is CCOc1cc(C(=O)Nc2cc(C)nn2-c2nc(-c3cccs3)cs2)cc(OCC)c1OCC. The van der Waals surface area contributed by atoms with Crippen LogP contribution in [0.4, 0.5) is 5.82 Å². The fourth-order valence-electron chi connectivity index (χ4n) is 3.34. The molecule has 0 bridgehead atoms. The molecule has 34 heavy (non-hydrogen) atoms. The molecule has 0 atom stereocenters. The number of benzene rings is 1. The number of hydrogen-bond donors (Lipinski definition) is 1. The average Bonchev–Trinajstić information content (AvgIpc) is 3.57. The number of aromatic nitrogens is 3. The third-order valence-electron chi connectivity index (χ3n) is 4.69. The van der Waals surface area contributed by atoms with Crippen LogP contribution in [0.2, 0.25) is 0 Å². The van der Waals surface area contributed by atoms with Gasteiger partial charge in [-0.1, -0.05) is 6.07 Å². The number of carbonyl (C=O) groups is 1. The van der Waals surface area contributed by atoms with E-state index in [0.717, 1.165) is 16.3 Å². The highest BCUT2D eigenvalue weighted by Gasteiger charge is 2.20. The van der Waals surface area contributed by atoms with Gasteiger partial charge in [0.05, 0.1) is 36.1 Å². The highest BCUT2D eigenvalue weighted by molar-refractivity contribution is 7.15. The van der Waals surface area contributed by atoms with E-state index < -0.39 is 0 Å². The molecule has 1 N–H and O–H groups in total. The van der Waals surface area contributed by atoms with Crippen LogP contribution in [0.5, 0.6) is 17.2 Å². The number of aryl methyl sites for hydroxylation is 1. The highest BCUT2D eigenvalue weighted by atomic mass is 32.1. The number of amides is 1. The molecule has 8 nitrogen and oxygen atoms in total. The monoisotopic (exact) mass is 498 g/mol. The van der Waals surface area contributed by atoms with Crippen molar-refractivity contribution in [2.24, 2.45) is 0 Å². The molecule has 0 aliphatic rings. The maximum absolute atomic E-state index is 13.3. The predicted molar refractivity (Wildman–Crippen MR) is 135 cm³/mol. The smallest absolute Gasteiger partial charge is 0.257 e. The van der Waals surface area contributed by atoms with E-state index in [1.54, 1.807) is 28.2 Å². The summed E-state index contributed by atoms with van der Waals surface area (Å²) in [6.45, 7) is 8.82. The van der Waals surface area contributed by atoms with Crippen molar-refractivity contribution in [2.45, 2.75) is 27.7 Å². The quantitative estimate of drug-likeness (QED) is 0.297. The summed E-state index contributed by atoms with van der Waals surface area (Å²) in [5.74, 6) is 1.63. The number of nitrogens with one attached hydrogen (secondary N) is 1. The Bertz CT molecular complexity index is 1240. The van der Waals surface area contributed by atoms with Crippen LogP contribution in [0.1, 0.15) is 36.8 Å². The first-order valence-electron chi connectivity index (χ1n) is 11.0. The van der Waals surface area contributed by atoms with Gasteiger partial charge in [0.15, 0.2) is 11.5 Å². The Balaban J connectivity index is 1.65. The zero-order valence-electron chi connectivity index (χ0n) is 19.5. The molecule has 0 saturated carbocycles. The largest absolute Gasteiger partial charge is 0.490 e. The molecule has 0 aliphatic heterocycles. The molecule has 0 saturated heterocycles. The lowest BCUT2D eigenvalue weighted by Crippen LogP contribution is -2.16. The van der Waals surface area contributed by atoms with Gasteiger partial charge >= 0.3 is 0 Å². The number of anilines is 1. The number of hydrogen-bond acceptors (Lipinski definition) is 8. The topological polar surface area (TPSA) is 87.5 Å².